The van der Waals surface area contributed by atoms with E-state index in [1.54, 1.807) is 0 Å². The maximum absolute atomic E-state index is 3.99. The van der Waals surface area contributed by atoms with Crippen LogP contribution < -0.4 is 10.4 Å². The van der Waals surface area contributed by atoms with Crippen molar-refractivity contribution in [3.8, 4) is 0 Å². The summed E-state index contributed by atoms with van der Waals surface area (Å²) in [7, 11) is -0.594. The van der Waals surface area contributed by atoms with Crippen LogP contribution in [-0.4, -0.2) is 17.8 Å². The van der Waals surface area contributed by atoms with E-state index in [4.69, 9.17) is 0 Å². The molecule has 0 fully saturated rings. The lowest BCUT2D eigenvalue weighted by atomic mass is 9.93. The number of nitrogens with one attached hydrogen (secondary N) is 1. The second kappa shape index (κ2) is 9.36. The second-order valence-corrected chi connectivity index (χ2v) is 8.95. The van der Waals surface area contributed by atoms with E-state index in [1.165, 1.54) is 22.1 Å². The molecule has 3 heteroatoms. The molecule has 2 aromatic carbocycles. The van der Waals surface area contributed by atoms with Crippen molar-refractivity contribution in [2.45, 2.75) is 53.4 Å². The molecule has 0 amide bonds. The quantitative estimate of drug-likeness (QED) is 0.556. The summed E-state index contributed by atoms with van der Waals surface area (Å²) in [6.45, 7) is 15.7. The molecule has 25 heavy (non-hydrogen) atoms. The SMILES string of the molecule is CCN(CC)[P@](Nc1c(C(C)C)cccc1C(C)C)c1ccccc1. The molecule has 2 aromatic rings. The van der Waals surface area contributed by atoms with Gasteiger partial charge in [0.25, 0.3) is 0 Å². The summed E-state index contributed by atoms with van der Waals surface area (Å²) in [5, 5.41) is 5.37. The third-order valence-corrected chi connectivity index (χ3v) is 6.96. The minimum absolute atomic E-state index is 0.505. The van der Waals surface area contributed by atoms with Crippen LogP contribution in [0.2, 0.25) is 0 Å². The monoisotopic (exact) mass is 356 g/mol. The van der Waals surface area contributed by atoms with Crippen molar-refractivity contribution in [2.75, 3.05) is 18.2 Å². The van der Waals surface area contributed by atoms with Gasteiger partial charge in [-0.25, -0.2) is 0 Å². The minimum atomic E-state index is -0.594. The van der Waals surface area contributed by atoms with Gasteiger partial charge in [0, 0.05) is 24.1 Å². The Bertz CT molecular complexity index is 622. The molecule has 2 nitrogen and oxygen atoms in total. The van der Waals surface area contributed by atoms with Crippen LogP contribution in [-0.2, 0) is 0 Å². The van der Waals surface area contributed by atoms with E-state index in [0.29, 0.717) is 11.8 Å². The van der Waals surface area contributed by atoms with Crippen molar-refractivity contribution >= 4 is 19.2 Å². The molecule has 0 aliphatic carbocycles. The van der Waals surface area contributed by atoms with Crippen molar-refractivity contribution in [3.63, 3.8) is 0 Å². The van der Waals surface area contributed by atoms with Crippen LogP contribution in [0.15, 0.2) is 48.5 Å². The minimum Gasteiger partial charge on any atom is -0.348 e. The Morgan fingerprint density at radius 2 is 1.32 bits per heavy atom. The molecule has 1 atom stereocenters. The number of nitrogens with zero attached hydrogens (tertiary/aromatic N) is 1. The number of anilines is 1. The fourth-order valence-electron chi connectivity index (χ4n) is 3.16. The third-order valence-electron chi connectivity index (χ3n) is 4.60. The van der Waals surface area contributed by atoms with Gasteiger partial charge in [0.05, 0.1) is 8.22 Å². The van der Waals surface area contributed by atoms with Gasteiger partial charge in [-0.1, -0.05) is 90.1 Å². The zero-order chi connectivity index (χ0) is 18.4. The molecule has 0 spiro atoms. The molecule has 0 unspecified atom stereocenters. The Kier molecular flexibility index (Phi) is 7.47. The zero-order valence-corrected chi connectivity index (χ0v) is 17.5. The molecule has 0 radical (unpaired) electrons. The first-order valence-corrected chi connectivity index (χ1v) is 10.8. The molecular formula is C22H33N2P. The Labute approximate surface area is 155 Å². The Hall–Kier alpha value is -1.37. The highest BCUT2D eigenvalue weighted by molar-refractivity contribution is 7.64. The third kappa shape index (κ3) is 4.84. The molecule has 2 rings (SSSR count). The highest BCUT2D eigenvalue weighted by Gasteiger charge is 2.22. The van der Waals surface area contributed by atoms with Gasteiger partial charge in [-0.15, -0.1) is 0 Å². The van der Waals surface area contributed by atoms with E-state index < -0.39 is 8.22 Å². The van der Waals surface area contributed by atoms with Crippen LogP contribution in [0.1, 0.15) is 64.5 Å². The molecule has 1 N–H and O–H groups in total. The van der Waals surface area contributed by atoms with E-state index in [-0.39, 0.29) is 0 Å². The predicted octanol–water partition coefficient (Wildman–Crippen LogP) is 6.32. The smallest absolute Gasteiger partial charge is 0.0976 e. The molecule has 0 aliphatic rings. The Morgan fingerprint density at radius 3 is 1.76 bits per heavy atom. The summed E-state index contributed by atoms with van der Waals surface area (Å²) in [4.78, 5) is 0. The number of benzene rings is 2. The lowest BCUT2D eigenvalue weighted by molar-refractivity contribution is 0.512. The van der Waals surface area contributed by atoms with Gasteiger partial charge in [-0.2, -0.15) is 0 Å². The standard InChI is InChI=1S/C22H33N2P/c1-7-24(8-2)25(19-13-10-9-11-14-19)23-22-20(17(3)4)15-12-16-21(22)18(5)6/h9-18,23H,7-8H2,1-6H3/t25-/m0/s1. The number of para-hydroxylation sites is 1. The number of rotatable bonds is 8. The summed E-state index contributed by atoms with van der Waals surface area (Å²) in [6, 6.07) is 17.7. The average Bonchev–Trinajstić information content (AvgIpc) is 2.62. The molecule has 0 saturated heterocycles. The van der Waals surface area contributed by atoms with Crippen molar-refractivity contribution < 1.29 is 0 Å². The van der Waals surface area contributed by atoms with Crippen LogP contribution in [0.4, 0.5) is 5.69 Å². The van der Waals surface area contributed by atoms with E-state index in [0.717, 1.165) is 13.1 Å². The van der Waals surface area contributed by atoms with Crippen LogP contribution in [0.5, 0.6) is 0 Å². The van der Waals surface area contributed by atoms with Crippen molar-refractivity contribution in [2.24, 2.45) is 0 Å². The van der Waals surface area contributed by atoms with E-state index in [9.17, 15) is 0 Å². The molecule has 0 aliphatic heterocycles. The van der Waals surface area contributed by atoms with E-state index >= 15 is 0 Å². The number of hydrogen-bond acceptors (Lipinski definition) is 2. The normalized spacial score (nSPS) is 12.8. The first-order valence-electron chi connectivity index (χ1n) is 9.49. The van der Waals surface area contributed by atoms with Crippen LogP contribution >= 0.6 is 8.22 Å². The highest BCUT2D eigenvalue weighted by Crippen LogP contribution is 2.44. The van der Waals surface area contributed by atoms with Gasteiger partial charge in [0.15, 0.2) is 0 Å². The van der Waals surface area contributed by atoms with Gasteiger partial charge in [-0.05, 0) is 23.0 Å². The van der Waals surface area contributed by atoms with Crippen LogP contribution in [0.3, 0.4) is 0 Å². The maximum Gasteiger partial charge on any atom is 0.0976 e. The van der Waals surface area contributed by atoms with Gasteiger partial charge < -0.3 is 5.09 Å². The summed E-state index contributed by atoms with van der Waals surface area (Å²) in [5.74, 6) is 1.01. The van der Waals surface area contributed by atoms with Crippen molar-refractivity contribution in [1.82, 2.24) is 4.67 Å². The van der Waals surface area contributed by atoms with E-state index in [1.807, 2.05) is 0 Å². The summed E-state index contributed by atoms with van der Waals surface area (Å²) in [6.07, 6.45) is 0. The van der Waals surface area contributed by atoms with Gasteiger partial charge in [-0.3, -0.25) is 4.67 Å². The maximum atomic E-state index is 3.99. The van der Waals surface area contributed by atoms with E-state index in [2.05, 4.69) is 99.8 Å². The molecule has 0 heterocycles. The summed E-state index contributed by atoms with van der Waals surface area (Å²) in [5.41, 5.74) is 4.18. The molecule has 0 aromatic heterocycles. The van der Waals surface area contributed by atoms with Gasteiger partial charge >= 0.3 is 0 Å². The summed E-state index contributed by atoms with van der Waals surface area (Å²) >= 11 is 0. The van der Waals surface area contributed by atoms with Gasteiger partial charge in [0.1, 0.15) is 0 Å². The highest BCUT2D eigenvalue weighted by atomic mass is 31.1. The number of hydrogen-bond donors (Lipinski definition) is 1. The second-order valence-electron chi connectivity index (χ2n) is 7.02. The summed E-state index contributed by atoms with van der Waals surface area (Å²) < 4.78 is 2.55. The Morgan fingerprint density at radius 1 is 0.800 bits per heavy atom. The molecule has 0 bridgehead atoms. The van der Waals surface area contributed by atoms with Gasteiger partial charge in [0.2, 0.25) is 0 Å². The predicted molar refractivity (Wildman–Crippen MR) is 114 cm³/mol. The first-order chi connectivity index (χ1) is 12.0. The topological polar surface area (TPSA) is 15.3 Å². The zero-order valence-electron chi connectivity index (χ0n) is 16.6. The lowest BCUT2D eigenvalue weighted by Crippen LogP contribution is -2.27. The molecule has 0 saturated carbocycles. The molecular weight excluding hydrogens is 323 g/mol. The fraction of sp³-hybridized carbons (Fsp3) is 0.455. The Balaban J connectivity index is 2.52. The molecule has 136 valence electrons. The largest absolute Gasteiger partial charge is 0.348 e. The average molecular weight is 356 g/mol. The fourth-order valence-corrected chi connectivity index (χ4v) is 5.25. The first kappa shape index (κ1) is 19.9. The van der Waals surface area contributed by atoms with Crippen LogP contribution in [0.25, 0.3) is 0 Å². The lowest BCUT2D eigenvalue weighted by Gasteiger charge is -2.33. The van der Waals surface area contributed by atoms with Crippen molar-refractivity contribution in [1.29, 1.82) is 0 Å². The van der Waals surface area contributed by atoms with Crippen molar-refractivity contribution in [3.05, 3.63) is 59.7 Å². The van der Waals surface area contributed by atoms with Crippen LogP contribution in [0, 0.1) is 0 Å².